The van der Waals surface area contributed by atoms with E-state index >= 15 is 0 Å². The van der Waals surface area contributed by atoms with Crippen molar-refractivity contribution in [3.63, 3.8) is 0 Å². The molecule has 1 amide bonds. The van der Waals surface area contributed by atoms with Crippen molar-refractivity contribution in [3.05, 3.63) is 74.3 Å². The molecule has 36 heavy (non-hydrogen) atoms. The predicted octanol–water partition coefficient (Wildman–Crippen LogP) is 4.74. The van der Waals surface area contributed by atoms with Gasteiger partial charge in [-0.3, -0.25) is 9.59 Å². The SMILES string of the molecule is CC(C)(C)OC(=O)N1CC(Cn2c(=O)c(=O)[nH]c3cc(-c4cc(O)cc5ccccc45)c(Cl)cc32)C1. The summed E-state index contributed by atoms with van der Waals surface area (Å²) >= 11 is 6.71. The minimum atomic E-state index is -0.736. The van der Waals surface area contributed by atoms with E-state index in [4.69, 9.17) is 16.3 Å². The van der Waals surface area contributed by atoms with Gasteiger partial charge < -0.3 is 24.3 Å². The second-order valence-electron chi connectivity index (χ2n) is 10.2. The molecule has 1 aromatic heterocycles. The zero-order valence-electron chi connectivity index (χ0n) is 20.2. The Morgan fingerprint density at radius 2 is 1.83 bits per heavy atom. The maximum Gasteiger partial charge on any atom is 0.410 e. The number of phenols is 1. The number of hydrogen-bond donors (Lipinski definition) is 2. The van der Waals surface area contributed by atoms with Crippen molar-refractivity contribution in [2.24, 2.45) is 5.92 Å². The number of halogens is 1. The van der Waals surface area contributed by atoms with Gasteiger partial charge in [0.25, 0.3) is 0 Å². The van der Waals surface area contributed by atoms with Gasteiger partial charge >= 0.3 is 17.2 Å². The van der Waals surface area contributed by atoms with E-state index in [-0.39, 0.29) is 18.2 Å². The molecule has 9 heteroatoms. The van der Waals surface area contributed by atoms with Gasteiger partial charge in [0.05, 0.1) is 16.1 Å². The van der Waals surface area contributed by atoms with E-state index in [1.165, 1.54) is 4.57 Å². The standard InChI is InChI=1S/C27H26ClN3O5/c1-27(2,3)36-26(35)30-12-15(13-30)14-31-23-11-21(28)20(10-22(23)29-24(33)25(31)34)19-9-17(32)8-16-6-4-5-7-18(16)19/h4-11,15,32H,12-14H2,1-3H3,(H,29,33). The van der Waals surface area contributed by atoms with E-state index in [2.05, 4.69) is 4.98 Å². The minimum Gasteiger partial charge on any atom is -0.508 e. The number of likely N-dealkylation sites (tertiary alicyclic amines) is 1. The molecule has 8 nitrogen and oxygen atoms in total. The van der Waals surface area contributed by atoms with Crippen LogP contribution in [0.4, 0.5) is 4.79 Å². The van der Waals surface area contributed by atoms with Crippen LogP contribution in [-0.2, 0) is 11.3 Å². The Labute approximate surface area is 211 Å². The molecular formula is C27H26ClN3O5. The fraction of sp³-hybridized carbons (Fsp3) is 0.296. The topological polar surface area (TPSA) is 105 Å². The first-order chi connectivity index (χ1) is 17.0. The summed E-state index contributed by atoms with van der Waals surface area (Å²) in [6.07, 6.45) is -0.395. The fourth-order valence-electron chi connectivity index (χ4n) is 4.62. The number of benzene rings is 3. The van der Waals surface area contributed by atoms with Gasteiger partial charge in [-0.25, -0.2) is 4.79 Å². The van der Waals surface area contributed by atoms with E-state index in [0.29, 0.717) is 40.3 Å². The third kappa shape index (κ3) is 4.44. The van der Waals surface area contributed by atoms with Crippen LogP contribution in [0.5, 0.6) is 5.75 Å². The number of phenolic OH excluding ortho intramolecular Hbond substituents is 1. The van der Waals surface area contributed by atoms with E-state index in [0.717, 1.165) is 10.8 Å². The number of nitrogens with zero attached hydrogens (tertiary/aromatic N) is 2. The van der Waals surface area contributed by atoms with Gasteiger partial charge in [0.15, 0.2) is 0 Å². The normalized spacial score (nSPS) is 14.3. The van der Waals surface area contributed by atoms with Crippen molar-refractivity contribution in [2.45, 2.75) is 32.9 Å². The first-order valence-electron chi connectivity index (χ1n) is 11.7. The first-order valence-corrected chi connectivity index (χ1v) is 12.0. The molecule has 2 heterocycles. The molecule has 1 fully saturated rings. The highest BCUT2D eigenvalue weighted by molar-refractivity contribution is 6.34. The molecule has 1 saturated heterocycles. The lowest BCUT2D eigenvalue weighted by Crippen LogP contribution is -2.54. The third-order valence-electron chi connectivity index (χ3n) is 6.25. The highest BCUT2D eigenvalue weighted by Gasteiger charge is 2.34. The second-order valence-corrected chi connectivity index (χ2v) is 10.6. The zero-order valence-corrected chi connectivity index (χ0v) is 20.9. The lowest BCUT2D eigenvalue weighted by molar-refractivity contribution is -0.00330. The van der Waals surface area contributed by atoms with Crippen LogP contribution in [-0.4, -0.2) is 44.3 Å². The molecule has 0 saturated carbocycles. The number of rotatable bonds is 3. The third-order valence-corrected chi connectivity index (χ3v) is 6.56. The van der Waals surface area contributed by atoms with E-state index in [9.17, 15) is 19.5 Å². The van der Waals surface area contributed by atoms with Crippen LogP contribution < -0.4 is 11.1 Å². The highest BCUT2D eigenvalue weighted by atomic mass is 35.5. The van der Waals surface area contributed by atoms with Crippen molar-refractivity contribution < 1.29 is 14.6 Å². The molecule has 1 aliphatic heterocycles. The smallest absolute Gasteiger partial charge is 0.410 e. The van der Waals surface area contributed by atoms with Crippen LogP contribution in [0.2, 0.25) is 5.02 Å². The number of amides is 1. The molecule has 1 aliphatic rings. The van der Waals surface area contributed by atoms with Crippen LogP contribution in [0.1, 0.15) is 20.8 Å². The quantitative estimate of drug-likeness (QED) is 0.390. The van der Waals surface area contributed by atoms with E-state index in [1.807, 2.05) is 45.0 Å². The number of carbonyl (C=O) groups is 1. The van der Waals surface area contributed by atoms with E-state index in [1.54, 1.807) is 29.2 Å². The molecular weight excluding hydrogens is 482 g/mol. The molecule has 0 spiro atoms. The average molecular weight is 508 g/mol. The van der Waals surface area contributed by atoms with Crippen LogP contribution in [0, 0.1) is 5.92 Å². The molecule has 5 rings (SSSR count). The fourth-order valence-corrected chi connectivity index (χ4v) is 4.88. The Morgan fingerprint density at radius 1 is 1.11 bits per heavy atom. The van der Waals surface area contributed by atoms with Crippen LogP contribution in [0.15, 0.2) is 58.1 Å². The molecule has 0 unspecified atom stereocenters. The van der Waals surface area contributed by atoms with Crippen LogP contribution >= 0.6 is 11.6 Å². The van der Waals surface area contributed by atoms with E-state index < -0.39 is 22.8 Å². The first kappa shape index (κ1) is 23.9. The lowest BCUT2D eigenvalue weighted by atomic mass is 9.97. The summed E-state index contributed by atoms with van der Waals surface area (Å²) in [5, 5.41) is 12.4. The van der Waals surface area contributed by atoms with Gasteiger partial charge in [-0.2, -0.15) is 0 Å². The molecule has 0 radical (unpaired) electrons. The number of ether oxygens (including phenoxy) is 1. The monoisotopic (exact) mass is 507 g/mol. The maximum absolute atomic E-state index is 12.8. The lowest BCUT2D eigenvalue weighted by Gasteiger charge is -2.40. The summed E-state index contributed by atoms with van der Waals surface area (Å²) in [6, 6.07) is 14.3. The highest BCUT2D eigenvalue weighted by Crippen LogP contribution is 2.38. The largest absolute Gasteiger partial charge is 0.508 e. The van der Waals surface area contributed by atoms with Crippen molar-refractivity contribution in [3.8, 4) is 16.9 Å². The summed E-state index contributed by atoms with van der Waals surface area (Å²) in [7, 11) is 0. The molecule has 3 aromatic carbocycles. The number of aromatic nitrogens is 2. The van der Waals surface area contributed by atoms with Crippen molar-refractivity contribution in [2.75, 3.05) is 13.1 Å². The van der Waals surface area contributed by atoms with Crippen molar-refractivity contribution in [1.29, 1.82) is 0 Å². The van der Waals surface area contributed by atoms with Gasteiger partial charge in [0, 0.05) is 31.1 Å². The summed E-state index contributed by atoms with van der Waals surface area (Å²) in [4.78, 5) is 41.8. The number of aromatic amines is 1. The summed E-state index contributed by atoms with van der Waals surface area (Å²) in [6.45, 7) is 6.54. The van der Waals surface area contributed by atoms with Crippen molar-refractivity contribution >= 4 is 39.5 Å². The summed E-state index contributed by atoms with van der Waals surface area (Å²) < 4.78 is 6.81. The molecule has 2 N–H and O–H groups in total. The Hall–Kier alpha value is -3.78. The van der Waals surface area contributed by atoms with Gasteiger partial charge in [-0.15, -0.1) is 0 Å². The Balaban J connectivity index is 1.51. The molecule has 4 aromatic rings. The zero-order chi connectivity index (χ0) is 25.8. The molecule has 186 valence electrons. The summed E-state index contributed by atoms with van der Waals surface area (Å²) in [5.74, 6) is 0.0894. The number of H-pyrrole nitrogens is 1. The average Bonchev–Trinajstić information content (AvgIpc) is 2.76. The van der Waals surface area contributed by atoms with Gasteiger partial charge in [-0.1, -0.05) is 35.9 Å². The number of nitrogens with one attached hydrogen (secondary N) is 1. The molecule has 0 bridgehead atoms. The number of hydrogen-bond acceptors (Lipinski definition) is 5. The Kier molecular flexibility index (Phi) is 5.79. The van der Waals surface area contributed by atoms with Crippen LogP contribution in [0.3, 0.4) is 0 Å². The molecule has 0 aliphatic carbocycles. The summed E-state index contributed by atoms with van der Waals surface area (Å²) in [5.41, 5.74) is 0.283. The number of carbonyl (C=O) groups excluding carboxylic acids is 1. The van der Waals surface area contributed by atoms with Gasteiger partial charge in [0.1, 0.15) is 11.4 Å². The number of fused-ring (bicyclic) bond motifs is 2. The second kappa shape index (κ2) is 8.71. The van der Waals surface area contributed by atoms with Crippen LogP contribution in [0.25, 0.3) is 32.9 Å². The van der Waals surface area contributed by atoms with Gasteiger partial charge in [-0.05, 0) is 61.4 Å². The predicted molar refractivity (Wildman–Crippen MR) is 140 cm³/mol. The van der Waals surface area contributed by atoms with Gasteiger partial charge in [0.2, 0.25) is 0 Å². The molecule has 0 atom stereocenters. The number of aromatic hydroxyl groups is 1. The Bertz CT molecular complexity index is 1630. The maximum atomic E-state index is 12.8. The Morgan fingerprint density at radius 3 is 2.56 bits per heavy atom. The minimum absolute atomic E-state index is 0.00585. The van der Waals surface area contributed by atoms with Crippen molar-refractivity contribution in [1.82, 2.24) is 14.5 Å².